The summed E-state index contributed by atoms with van der Waals surface area (Å²) in [5.41, 5.74) is -0.448. The summed E-state index contributed by atoms with van der Waals surface area (Å²) in [6.45, 7) is 8.58. The summed E-state index contributed by atoms with van der Waals surface area (Å²) in [5, 5.41) is 0. The maximum absolute atomic E-state index is 12.0. The van der Waals surface area contributed by atoms with Crippen molar-refractivity contribution in [1.82, 2.24) is 4.90 Å². The molecule has 0 aromatic carbocycles. The summed E-state index contributed by atoms with van der Waals surface area (Å²) < 4.78 is 9.88. The number of carbonyl (C=O) groups is 2. The quantitative estimate of drug-likeness (QED) is 0.315. The van der Waals surface area contributed by atoms with Crippen LogP contribution in [0.3, 0.4) is 0 Å². The number of hydrogen-bond acceptors (Lipinski definition) is 4. The minimum Gasteiger partial charge on any atom is -0.459 e. The van der Waals surface area contributed by atoms with Crippen LogP contribution in [0.2, 0.25) is 0 Å². The first-order chi connectivity index (χ1) is 8.84. The summed E-state index contributed by atoms with van der Waals surface area (Å²) in [5.74, 6) is 0.930. The topological polar surface area (TPSA) is 55.8 Å². The van der Waals surface area contributed by atoms with Crippen molar-refractivity contribution in [2.75, 3.05) is 26.4 Å². The Hall–Kier alpha value is -1.54. The van der Waals surface area contributed by atoms with Crippen molar-refractivity contribution in [3.63, 3.8) is 0 Å². The Labute approximate surface area is 115 Å². The van der Waals surface area contributed by atoms with Crippen molar-refractivity contribution in [3.8, 4) is 12.3 Å². The van der Waals surface area contributed by atoms with E-state index in [0.29, 0.717) is 19.6 Å². The molecular weight excluding hydrogens is 246 g/mol. The van der Waals surface area contributed by atoms with E-state index in [0.717, 1.165) is 0 Å². The molecule has 5 heteroatoms. The third kappa shape index (κ3) is 6.82. The lowest BCUT2D eigenvalue weighted by Gasteiger charge is -2.34. The fourth-order valence-corrected chi connectivity index (χ4v) is 1.50. The third-order valence-electron chi connectivity index (χ3n) is 2.36. The Morgan fingerprint density at radius 3 is 2.42 bits per heavy atom. The van der Waals surface area contributed by atoms with E-state index in [4.69, 9.17) is 15.9 Å². The van der Waals surface area contributed by atoms with Crippen LogP contribution in [0.25, 0.3) is 0 Å². The minimum atomic E-state index is -0.818. The van der Waals surface area contributed by atoms with Gasteiger partial charge in [0.05, 0.1) is 6.61 Å². The van der Waals surface area contributed by atoms with E-state index in [9.17, 15) is 9.59 Å². The molecule has 0 saturated carbocycles. The van der Waals surface area contributed by atoms with E-state index in [-0.39, 0.29) is 13.2 Å². The molecule has 0 unspecified atom stereocenters. The van der Waals surface area contributed by atoms with Gasteiger partial charge in [-0.2, -0.15) is 0 Å². The van der Waals surface area contributed by atoms with Crippen LogP contribution >= 0.6 is 0 Å². The first kappa shape index (κ1) is 17.5. The van der Waals surface area contributed by atoms with Crippen molar-refractivity contribution in [3.05, 3.63) is 0 Å². The maximum atomic E-state index is 12.0. The number of esters is 1. The molecule has 0 saturated heterocycles. The molecular formula is C14H23NO4. The van der Waals surface area contributed by atoms with Crippen molar-refractivity contribution in [1.29, 1.82) is 0 Å². The van der Waals surface area contributed by atoms with Crippen LogP contribution in [-0.4, -0.2) is 48.7 Å². The van der Waals surface area contributed by atoms with Gasteiger partial charge in [0.25, 0.3) is 0 Å². The van der Waals surface area contributed by atoms with Crippen molar-refractivity contribution in [2.24, 2.45) is 0 Å². The van der Waals surface area contributed by atoms with E-state index in [1.165, 1.54) is 4.90 Å². The van der Waals surface area contributed by atoms with Crippen molar-refractivity contribution < 1.29 is 19.1 Å². The average molecular weight is 269 g/mol. The number of ether oxygens (including phenoxy) is 2. The fraction of sp³-hybridized carbons (Fsp3) is 0.714. The molecule has 0 bridgehead atoms. The Morgan fingerprint density at radius 2 is 1.95 bits per heavy atom. The second kappa shape index (κ2) is 8.54. The molecule has 0 fully saturated rings. The molecule has 0 aromatic rings. The molecule has 0 rings (SSSR count). The van der Waals surface area contributed by atoms with Gasteiger partial charge >= 0.3 is 11.9 Å². The largest absolute Gasteiger partial charge is 0.459 e. The number of amides is 1. The molecule has 108 valence electrons. The highest BCUT2D eigenvalue weighted by molar-refractivity contribution is 6.32. The molecule has 1 amide bonds. The molecule has 0 aliphatic rings. The zero-order chi connectivity index (χ0) is 14.9. The summed E-state index contributed by atoms with van der Waals surface area (Å²) in [7, 11) is 0. The van der Waals surface area contributed by atoms with Crippen LogP contribution in [-0.2, 0) is 19.1 Å². The van der Waals surface area contributed by atoms with Crippen LogP contribution in [0.5, 0.6) is 0 Å². The molecule has 0 N–H and O–H groups in total. The first-order valence-corrected chi connectivity index (χ1v) is 6.34. The fourth-order valence-electron chi connectivity index (χ4n) is 1.50. The van der Waals surface area contributed by atoms with Gasteiger partial charge in [-0.3, -0.25) is 4.79 Å². The monoisotopic (exact) mass is 269 g/mol. The number of rotatable bonds is 6. The smallest absolute Gasteiger partial charge is 0.397 e. The van der Waals surface area contributed by atoms with E-state index in [1.54, 1.807) is 6.92 Å². The SMILES string of the molecule is C#CCOCCCN(C(=O)C(=O)OCC)C(C)(C)C. The highest BCUT2D eigenvalue weighted by Crippen LogP contribution is 2.14. The van der Waals surface area contributed by atoms with Gasteiger partial charge in [0.2, 0.25) is 0 Å². The Bertz CT molecular complexity index is 338. The van der Waals surface area contributed by atoms with Crippen LogP contribution in [0.15, 0.2) is 0 Å². The van der Waals surface area contributed by atoms with E-state index in [2.05, 4.69) is 5.92 Å². The minimum absolute atomic E-state index is 0.188. The van der Waals surface area contributed by atoms with Crippen molar-refractivity contribution >= 4 is 11.9 Å². The summed E-state index contributed by atoms with van der Waals surface area (Å²) in [6.07, 6.45) is 5.68. The van der Waals surface area contributed by atoms with Gasteiger partial charge < -0.3 is 14.4 Å². The van der Waals surface area contributed by atoms with Crippen LogP contribution in [0.1, 0.15) is 34.1 Å². The Balaban J connectivity index is 4.45. The second-order valence-corrected chi connectivity index (χ2v) is 4.96. The number of terminal acetylenes is 1. The Kier molecular flexibility index (Phi) is 7.85. The molecule has 0 spiro atoms. The lowest BCUT2D eigenvalue weighted by molar-refractivity contribution is -0.162. The Morgan fingerprint density at radius 1 is 1.32 bits per heavy atom. The first-order valence-electron chi connectivity index (χ1n) is 6.34. The standard InChI is InChI=1S/C14H23NO4/c1-6-10-18-11-8-9-15(14(3,4)5)12(16)13(17)19-7-2/h1H,7-11H2,2-5H3. The van der Waals surface area contributed by atoms with Crippen LogP contribution < -0.4 is 0 Å². The summed E-state index contributed by atoms with van der Waals surface area (Å²) in [4.78, 5) is 25.0. The molecule has 19 heavy (non-hydrogen) atoms. The lowest BCUT2D eigenvalue weighted by atomic mass is 10.1. The van der Waals surface area contributed by atoms with E-state index in [1.807, 2.05) is 20.8 Å². The number of carbonyl (C=O) groups excluding carboxylic acids is 2. The zero-order valence-corrected chi connectivity index (χ0v) is 12.2. The average Bonchev–Trinajstić information content (AvgIpc) is 2.31. The van der Waals surface area contributed by atoms with E-state index >= 15 is 0 Å². The second-order valence-electron chi connectivity index (χ2n) is 4.96. The maximum Gasteiger partial charge on any atom is 0.397 e. The normalized spacial score (nSPS) is 10.7. The highest BCUT2D eigenvalue weighted by Gasteiger charge is 2.31. The molecule has 0 heterocycles. The van der Waals surface area contributed by atoms with E-state index < -0.39 is 17.4 Å². The van der Waals surface area contributed by atoms with Crippen LogP contribution in [0, 0.1) is 12.3 Å². The summed E-state index contributed by atoms with van der Waals surface area (Å²) in [6, 6.07) is 0. The van der Waals surface area contributed by atoms with Gasteiger partial charge in [0, 0.05) is 18.7 Å². The highest BCUT2D eigenvalue weighted by atomic mass is 16.5. The molecule has 0 atom stereocenters. The molecule has 0 aliphatic heterocycles. The van der Waals surface area contributed by atoms with Gasteiger partial charge in [-0.05, 0) is 34.1 Å². The number of hydrogen-bond donors (Lipinski definition) is 0. The van der Waals surface area contributed by atoms with Gasteiger partial charge in [0.15, 0.2) is 0 Å². The van der Waals surface area contributed by atoms with Crippen LogP contribution in [0.4, 0.5) is 0 Å². The summed E-state index contributed by atoms with van der Waals surface area (Å²) >= 11 is 0. The molecule has 5 nitrogen and oxygen atoms in total. The van der Waals surface area contributed by atoms with Crippen molar-refractivity contribution in [2.45, 2.75) is 39.7 Å². The predicted molar refractivity (Wildman–Crippen MR) is 72.4 cm³/mol. The molecule has 0 radical (unpaired) electrons. The molecule has 0 aliphatic carbocycles. The van der Waals surface area contributed by atoms with Gasteiger partial charge in [-0.25, -0.2) is 4.79 Å². The number of nitrogens with zero attached hydrogens (tertiary/aromatic N) is 1. The lowest BCUT2D eigenvalue weighted by Crippen LogP contribution is -2.49. The zero-order valence-electron chi connectivity index (χ0n) is 12.2. The third-order valence-corrected chi connectivity index (χ3v) is 2.36. The van der Waals surface area contributed by atoms with Gasteiger partial charge in [-0.1, -0.05) is 5.92 Å². The molecule has 0 aromatic heterocycles. The van der Waals surface area contributed by atoms with Gasteiger partial charge in [0.1, 0.15) is 6.61 Å². The van der Waals surface area contributed by atoms with Gasteiger partial charge in [-0.15, -0.1) is 6.42 Å². The predicted octanol–water partition coefficient (Wildman–Crippen LogP) is 1.22.